The summed E-state index contributed by atoms with van der Waals surface area (Å²) in [7, 11) is 4.00. The van der Waals surface area contributed by atoms with E-state index in [1.165, 1.54) is 28.7 Å². The van der Waals surface area contributed by atoms with Gasteiger partial charge in [0.05, 0.1) is 19.3 Å². The van der Waals surface area contributed by atoms with Crippen molar-refractivity contribution in [3.8, 4) is 0 Å². The van der Waals surface area contributed by atoms with Gasteiger partial charge in [0.2, 0.25) is 0 Å². The van der Waals surface area contributed by atoms with E-state index < -0.39 is 5.97 Å². The lowest BCUT2D eigenvalue weighted by Gasteiger charge is -2.06. The molecule has 6 nitrogen and oxygen atoms in total. The van der Waals surface area contributed by atoms with Crippen LogP contribution < -0.4 is 0 Å². The number of nitrogens with one attached hydrogen (secondary N) is 1. The molecule has 0 fully saturated rings. The van der Waals surface area contributed by atoms with E-state index in [1.807, 2.05) is 12.1 Å². The van der Waals surface area contributed by atoms with Crippen LogP contribution in [0.2, 0.25) is 0 Å². The van der Waals surface area contributed by atoms with E-state index in [1.54, 1.807) is 26.0 Å². The van der Waals surface area contributed by atoms with E-state index in [0.29, 0.717) is 23.0 Å². The molecule has 122 valence electrons. The fourth-order valence-electron chi connectivity index (χ4n) is 1.77. The quantitative estimate of drug-likeness (QED) is 0.629. The first-order valence-corrected chi connectivity index (χ1v) is 8.97. The fourth-order valence-corrected chi connectivity index (χ4v) is 3.82. The Hall–Kier alpha value is -1.93. The summed E-state index contributed by atoms with van der Waals surface area (Å²) in [6.45, 7) is 3.84. The highest BCUT2D eigenvalue weighted by Gasteiger charge is 2.17. The van der Waals surface area contributed by atoms with Crippen molar-refractivity contribution in [2.45, 2.75) is 23.9 Å². The van der Waals surface area contributed by atoms with Crippen molar-refractivity contribution in [1.82, 2.24) is 9.97 Å². The molecule has 0 saturated carbocycles. The van der Waals surface area contributed by atoms with Crippen molar-refractivity contribution in [3.63, 3.8) is 0 Å². The van der Waals surface area contributed by atoms with Crippen molar-refractivity contribution in [3.05, 3.63) is 41.2 Å². The molecule has 0 radical (unpaired) electrons. The Bertz CT molecular complexity index is 715. The second-order valence-electron chi connectivity index (χ2n) is 4.39. The van der Waals surface area contributed by atoms with Crippen molar-refractivity contribution < 1.29 is 19.1 Å². The zero-order valence-electron chi connectivity index (χ0n) is 12.9. The molecule has 2 aromatic rings. The van der Waals surface area contributed by atoms with Crippen molar-refractivity contribution in [2.24, 2.45) is 0 Å². The Morgan fingerprint density at radius 1 is 1.22 bits per heavy atom. The van der Waals surface area contributed by atoms with E-state index in [9.17, 15) is 9.59 Å². The average molecular weight is 352 g/mol. The average Bonchev–Trinajstić information content (AvgIpc) is 2.93. The van der Waals surface area contributed by atoms with Crippen LogP contribution in [0.25, 0.3) is 0 Å². The van der Waals surface area contributed by atoms with E-state index in [2.05, 4.69) is 14.7 Å². The molecule has 0 saturated heterocycles. The van der Waals surface area contributed by atoms with Crippen LogP contribution in [0, 0.1) is 6.92 Å². The number of aryl methyl sites for hydroxylation is 1. The van der Waals surface area contributed by atoms with Crippen LogP contribution in [0.5, 0.6) is 0 Å². The van der Waals surface area contributed by atoms with Gasteiger partial charge in [-0.3, -0.25) is 0 Å². The standard InChI is InChI=1S/C15H16N2O4S2/c1-4-21-13(18)10-7-5-6-8-11(10)22-23-15-16-9(2)12(17-15)14(19)20-3/h5-8H,4H2,1-3H3,(H,16,17). The second kappa shape index (κ2) is 8.07. The number of methoxy groups -OCH3 is 1. The van der Waals surface area contributed by atoms with Crippen LogP contribution in [-0.2, 0) is 9.47 Å². The predicted molar refractivity (Wildman–Crippen MR) is 88.8 cm³/mol. The Balaban J connectivity index is 2.13. The number of carbonyl (C=O) groups is 2. The molecule has 2 rings (SSSR count). The van der Waals surface area contributed by atoms with E-state index in [0.717, 1.165) is 4.90 Å². The molecule has 1 aromatic heterocycles. The molecule has 1 aromatic carbocycles. The molecule has 0 aliphatic rings. The lowest BCUT2D eigenvalue weighted by atomic mass is 10.2. The van der Waals surface area contributed by atoms with Gasteiger partial charge >= 0.3 is 11.9 Å². The third kappa shape index (κ3) is 4.29. The van der Waals surface area contributed by atoms with Gasteiger partial charge in [0.25, 0.3) is 0 Å². The molecule has 0 spiro atoms. The number of H-pyrrole nitrogens is 1. The zero-order chi connectivity index (χ0) is 16.8. The Kier molecular flexibility index (Phi) is 6.12. The number of benzene rings is 1. The minimum Gasteiger partial charge on any atom is -0.464 e. The Labute approximate surface area is 141 Å². The summed E-state index contributed by atoms with van der Waals surface area (Å²) in [5.41, 5.74) is 1.40. The highest BCUT2D eigenvalue weighted by atomic mass is 33.1. The van der Waals surface area contributed by atoms with Gasteiger partial charge in [-0.05, 0) is 47.6 Å². The molecule has 0 aliphatic carbocycles. The number of nitrogens with zero attached hydrogens (tertiary/aromatic N) is 1. The first kappa shape index (κ1) is 17.4. The maximum absolute atomic E-state index is 11.9. The van der Waals surface area contributed by atoms with Gasteiger partial charge in [-0.15, -0.1) is 0 Å². The summed E-state index contributed by atoms with van der Waals surface area (Å²) in [6, 6.07) is 7.18. The minimum absolute atomic E-state index is 0.259. The third-order valence-electron chi connectivity index (χ3n) is 2.83. The molecule has 0 bridgehead atoms. The molecule has 0 atom stereocenters. The molecule has 1 N–H and O–H groups in total. The normalized spacial score (nSPS) is 10.4. The number of hydrogen-bond acceptors (Lipinski definition) is 7. The van der Waals surface area contributed by atoms with Gasteiger partial charge in [-0.2, -0.15) is 0 Å². The molecule has 0 unspecified atom stereocenters. The van der Waals surface area contributed by atoms with Gasteiger partial charge in [0, 0.05) is 10.6 Å². The maximum Gasteiger partial charge on any atom is 0.358 e. The Morgan fingerprint density at radius 3 is 2.65 bits per heavy atom. The fraction of sp³-hybridized carbons (Fsp3) is 0.267. The summed E-state index contributed by atoms with van der Waals surface area (Å²) in [5, 5.41) is 0.562. The first-order chi connectivity index (χ1) is 11.1. The largest absolute Gasteiger partial charge is 0.464 e. The molecule has 1 heterocycles. The van der Waals surface area contributed by atoms with Crippen LogP contribution in [-0.4, -0.2) is 35.6 Å². The number of esters is 2. The molecular weight excluding hydrogens is 336 g/mol. The van der Waals surface area contributed by atoms with E-state index >= 15 is 0 Å². The lowest BCUT2D eigenvalue weighted by molar-refractivity contribution is 0.0521. The van der Waals surface area contributed by atoms with Gasteiger partial charge in [0.15, 0.2) is 10.9 Å². The van der Waals surface area contributed by atoms with E-state index in [4.69, 9.17) is 4.74 Å². The highest BCUT2D eigenvalue weighted by Crippen LogP contribution is 2.38. The van der Waals surface area contributed by atoms with Crippen LogP contribution in [0.15, 0.2) is 34.3 Å². The summed E-state index contributed by atoms with van der Waals surface area (Å²) in [4.78, 5) is 31.5. The summed E-state index contributed by atoms with van der Waals surface area (Å²) in [6.07, 6.45) is 0. The van der Waals surface area contributed by atoms with Gasteiger partial charge in [-0.1, -0.05) is 12.1 Å². The molecule has 0 aliphatic heterocycles. The number of aromatic amines is 1. The highest BCUT2D eigenvalue weighted by molar-refractivity contribution is 8.76. The van der Waals surface area contributed by atoms with Gasteiger partial charge in [0.1, 0.15) is 0 Å². The van der Waals surface area contributed by atoms with Crippen LogP contribution in [0.1, 0.15) is 33.5 Å². The van der Waals surface area contributed by atoms with Crippen LogP contribution in [0.3, 0.4) is 0 Å². The van der Waals surface area contributed by atoms with Crippen molar-refractivity contribution in [2.75, 3.05) is 13.7 Å². The lowest BCUT2D eigenvalue weighted by Crippen LogP contribution is -2.05. The smallest absolute Gasteiger partial charge is 0.358 e. The molecule has 23 heavy (non-hydrogen) atoms. The second-order valence-corrected chi connectivity index (χ2v) is 6.55. The third-order valence-corrected chi connectivity index (χ3v) is 5.07. The Morgan fingerprint density at radius 2 is 1.96 bits per heavy atom. The number of ether oxygens (including phenoxy) is 2. The monoisotopic (exact) mass is 352 g/mol. The van der Waals surface area contributed by atoms with Gasteiger partial charge in [-0.25, -0.2) is 14.6 Å². The summed E-state index contributed by atoms with van der Waals surface area (Å²) in [5.74, 6) is -0.843. The van der Waals surface area contributed by atoms with Crippen molar-refractivity contribution in [1.29, 1.82) is 0 Å². The molecular formula is C15H16N2O4S2. The summed E-state index contributed by atoms with van der Waals surface area (Å²) >= 11 is 0. The van der Waals surface area contributed by atoms with Gasteiger partial charge < -0.3 is 14.5 Å². The maximum atomic E-state index is 11.9. The number of rotatable bonds is 6. The van der Waals surface area contributed by atoms with E-state index in [-0.39, 0.29) is 11.7 Å². The molecule has 0 amide bonds. The number of aromatic nitrogens is 2. The number of imidazole rings is 1. The summed E-state index contributed by atoms with van der Waals surface area (Å²) < 4.78 is 9.72. The minimum atomic E-state index is -0.484. The van der Waals surface area contributed by atoms with Crippen LogP contribution >= 0.6 is 21.6 Å². The SMILES string of the molecule is CCOC(=O)c1ccccc1SSc1nc(C(=O)OC)c(C)[nH]1. The predicted octanol–water partition coefficient (Wildman–Crippen LogP) is 3.48. The van der Waals surface area contributed by atoms with Crippen molar-refractivity contribution >= 4 is 33.5 Å². The number of carbonyl (C=O) groups excluding carboxylic acids is 2. The number of hydrogen-bond donors (Lipinski definition) is 1. The van der Waals surface area contributed by atoms with Crippen LogP contribution in [0.4, 0.5) is 0 Å². The topological polar surface area (TPSA) is 81.3 Å². The zero-order valence-corrected chi connectivity index (χ0v) is 14.5. The first-order valence-electron chi connectivity index (χ1n) is 6.82. The molecule has 8 heteroatoms.